The molecule has 0 saturated heterocycles. The zero-order valence-electron chi connectivity index (χ0n) is 13.4. The number of rotatable bonds is 2. The van der Waals surface area contributed by atoms with E-state index in [-0.39, 0.29) is 11.0 Å². The molecule has 0 atom stereocenters. The van der Waals surface area contributed by atoms with Gasteiger partial charge in [0.25, 0.3) is 0 Å². The van der Waals surface area contributed by atoms with Gasteiger partial charge in [-0.25, -0.2) is 9.78 Å². The summed E-state index contributed by atoms with van der Waals surface area (Å²) in [6.45, 7) is 6.30. The largest absolute Gasteiger partial charge is 0.478 e. The maximum Gasteiger partial charge on any atom is 0.336 e. The van der Waals surface area contributed by atoms with Crippen LogP contribution < -0.4 is 0 Å². The quantitative estimate of drug-likeness (QED) is 0.767. The number of benzene rings is 1. The van der Waals surface area contributed by atoms with E-state index in [1.807, 2.05) is 36.4 Å². The van der Waals surface area contributed by atoms with Gasteiger partial charge in [-0.3, -0.25) is 4.98 Å². The van der Waals surface area contributed by atoms with E-state index in [4.69, 9.17) is 0 Å². The third-order valence-electron chi connectivity index (χ3n) is 3.83. The highest BCUT2D eigenvalue weighted by molar-refractivity contribution is 6.03. The number of hydrogen-bond donors (Lipinski definition) is 1. The fourth-order valence-electron chi connectivity index (χ4n) is 2.51. The van der Waals surface area contributed by atoms with Crippen LogP contribution in [0.4, 0.5) is 0 Å². The Morgan fingerprint density at radius 3 is 2.43 bits per heavy atom. The SMILES string of the molecule is CC(C)(C)c1ccc2nc(-c3ccccn3)cc(C(=O)O)c2c1. The lowest BCUT2D eigenvalue weighted by atomic mass is 9.86. The Morgan fingerprint density at radius 1 is 1.04 bits per heavy atom. The van der Waals surface area contributed by atoms with Gasteiger partial charge in [-0.05, 0) is 41.3 Å². The number of carboxylic acids is 1. The van der Waals surface area contributed by atoms with Crippen molar-refractivity contribution in [1.29, 1.82) is 0 Å². The normalized spacial score (nSPS) is 11.6. The molecule has 0 radical (unpaired) electrons. The van der Waals surface area contributed by atoms with Crippen LogP contribution in [-0.2, 0) is 5.41 Å². The minimum atomic E-state index is -0.958. The maximum atomic E-state index is 11.7. The molecular formula is C19H18N2O2. The van der Waals surface area contributed by atoms with E-state index in [9.17, 15) is 9.90 Å². The van der Waals surface area contributed by atoms with E-state index >= 15 is 0 Å². The summed E-state index contributed by atoms with van der Waals surface area (Å²) in [5, 5.41) is 10.3. The first-order valence-electron chi connectivity index (χ1n) is 7.46. The van der Waals surface area contributed by atoms with E-state index in [0.29, 0.717) is 22.3 Å². The van der Waals surface area contributed by atoms with Crippen LogP contribution >= 0.6 is 0 Å². The Labute approximate surface area is 134 Å². The van der Waals surface area contributed by atoms with Gasteiger partial charge in [0.2, 0.25) is 0 Å². The average Bonchev–Trinajstić information content (AvgIpc) is 2.53. The molecule has 116 valence electrons. The van der Waals surface area contributed by atoms with Gasteiger partial charge in [0.05, 0.1) is 22.5 Å². The fourth-order valence-corrected chi connectivity index (χ4v) is 2.51. The van der Waals surface area contributed by atoms with Crippen molar-refractivity contribution in [3.63, 3.8) is 0 Å². The smallest absolute Gasteiger partial charge is 0.336 e. The van der Waals surface area contributed by atoms with E-state index in [2.05, 4.69) is 30.7 Å². The molecule has 2 heterocycles. The standard InChI is InChI=1S/C19H18N2O2/c1-19(2,3)12-7-8-15-13(10-12)14(18(22)23)11-17(21-15)16-6-4-5-9-20-16/h4-11H,1-3H3,(H,22,23). The third kappa shape index (κ3) is 2.93. The number of pyridine rings is 2. The molecular weight excluding hydrogens is 288 g/mol. The van der Waals surface area contributed by atoms with Crippen molar-refractivity contribution in [2.24, 2.45) is 0 Å². The van der Waals surface area contributed by atoms with Crippen molar-refractivity contribution in [1.82, 2.24) is 9.97 Å². The molecule has 0 fully saturated rings. The van der Waals surface area contributed by atoms with Crippen LogP contribution in [-0.4, -0.2) is 21.0 Å². The maximum absolute atomic E-state index is 11.7. The van der Waals surface area contributed by atoms with Crippen LogP contribution in [0.2, 0.25) is 0 Å². The third-order valence-corrected chi connectivity index (χ3v) is 3.83. The minimum Gasteiger partial charge on any atom is -0.478 e. The predicted molar refractivity (Wildman–Crippen MR) is 90.6 cm³/mol. The summed E-state index contributed by atoms with van der Waals surface area (Å²) in [7, 11) is 0. The number of aromatic carboxylic acids is 1. The summed E-state index contributed by atoms with van der Waals surface area (Å²) in [6.07, 6.45) is 1.67. The minimum absolute atomic E-state index is 0.0520. The van der Waals surface area contributed by atoms with Crippen LogP contribution in [0.15, 0.2) is 48.7 Å². The number of hydrogen-bond acceptors (Lipinski definition) is 3. The summed E-state index contributed by atoms with van der Waals surface area (Å²) in [4.78, 5) is 20.6. The van der Waals surface area contributed by atoms with Gasteiger partial charge < -0.3 is 5.11 Å². The van der Waals surface area contributed by atoms with E-state index in [1.165, 1.54) is 0 Å². The second-order valence-electron chi connectivity index (χ2n) is 6.56. The van der Waals surface area contributed by atoms with E-state index < -0.39 is 5.97 Å². The van der Waals surface area contributed by atoms with Crippen molar-refractivity contribution in [3.05, 3.63) is 59.8 Å². The lowest BCUT2D eigenvalue weighted by Crippen LogP contribution is -2.11. The van der Waals surface area contributed by atoms with Crippen LogP contribution in [0.25, 0.3) is 22.3 Å². The Hall–Kier alpha value is -2.75. The number of fused-ring (bicyclic) bond motifs is 1. The Kier molecular flexibility index (Phi) is 3.60. The molecule has 2 aromatic heterocycles. The lowest BCUT2D eigenvalue weighted by Gasteiger charge is -2.20. The molecule has 0 aliphatic heterocycles. The summed E-state index contributed by atoms with van der Waals surface area (Å²) in [5.41, 5.74) is 3.18. The van der Waals surface area contributed by atoms with E-state index in [1.54, 1.807) is 12.3 Å². The number of aromatic nitrogens is 2. The monoisotopic (exact) mass is 306 g/mol. The summed E-state index contributed by atoms with van der Waals surface area (Å²) in [5.74, 6) is -0.958. The van der Waals surface area contributed by atoms with Gasteiger partial charge in [0.15, 0.2) is 0 Å². The van der Waals surface area contributed by atoms with Gasteiger partial charge in [-0.1, -0.05) is 32.9 Å². The molecule has 4 nitrogen and oxygen atoms in total. The number of carboxylic acid groups (broad SMARTS) is 1. The van der Waals surface area contributed by atoms with Gasteiger partial charge in [-0.15, -0.1) is 0 Å². The fraction of sp³-hybridized carbons (Fsp3) is 0.211. The van der Waals surface area contributed by atoms with Crippen molar-refractivity contribution in [3.8, 4) is 11.4 Å². The highest BCUT2D eigenvalue weighted by Crippen LogP contribution is 2.29. The van der Waals surface area contributed by atoms with E-state index in [0.717, 1.165) is 5.56 Å². The molecule has 1 N–H and O–H groups in total. The second kappa shape index (κ2) is 5.47. The summed E-state index contributed by atoms with van der Waals surface area (Å²) < 4.78 is 0. The van der Waals surface area contributed by atoms with Crippen LogP contribution in [0, 0.1) is 0 Å². The van der Waals surface area contributed by atoms with Crippen LogP contribution in [0.1, 0.15) is 36.7 Å². The number of carbonyl (C=O) groups is 1. The van der Waals surface area contributed by atoms with Crippen molar-refractivity contribution in [2.75, 3.05) is 0 Å². The molecule has 0 aliphatic carbocycles. The highest BCUT2D eigenvalue weighted by atomic mass is 16.4. The summed E-state index contributed by atoms with van der Waals surface area (Å²) >= 11 is 0. The van der Waals surface area contributed by atoms with Crippen molar-refractivity contribution in [2.45, 2.75) is 26.2 Å². The van der Waals surface area contributed by atoms with Crippen molar-refractivity contribution >= 4 is 16.9 Å². The molecule has 0 bridgehead atoms. The Balaban J connectivity index is 2.28. The summed E-state index contributed by atoms with van der Waals surface area (Å²) in [6, 6.07) is 12.9. The molecule has 0 saturated carbocycles. The molecule has 4 heteroatoms. The molecule has 1 aromatic carbocycles. The first kappa shape index (κ1) is 15.2. The number of nitrogens with zero attached hydrogens (tertiary/aromatic N) is 2. The van der Waals surface area contributed by atoms with Gasteiger partial charge in [0.1, 0.15) is 0 Å². The predicted octanol–water partition coefficient (Wildman–Crippen LogP) is 4.29. The highest BCUT2D eigenvalue weighted by Gasteiger charge is 2.18. The molecule has 0 aliphatic rings. The zero-order valence-corrected chi connectivity index (χ0v) is 13.4. The molecule has 3 aromatic rings. The molecule has 3 rings (SSSR count). The first-order valence-corrected chi connectivity index (χ1v) is 7.46. The molecule has 0 spiro atoms. The second-order valence-corrected chi connectivity index (χ2v) is 6.56. The van der Waals surface area contributed by atoms with Crippen molar-refractivity contribution < 1.29 is 9.90 Å². The molecule has 0 unspecified atom stereocenters. The molecule has 0 amide bonds. The topological polar surface area (TPSA) is 63.1 Å². The average molecular weight is 306 g/mol. The zero-order chi connectivity index (χ0) is 16.6. The lowest BCUT2D eigenvalue weighted by molar-refractivity contribution is 0.0699. The van der Waals surface area contributed by atoms with Crippen LogP contribution in [0.3, 0.4) is 0 Å². The van der Waals surface area contributed by atoms with Gasteiger partial charge >= 0.3 is 5.97 Å². The van der Waals surface area contributed by atoms with Gasteiger partial charge in [-0.2, -0.15) is 0 Å². The Bertz CT molecular complexity index is 881. The first-order chi connectivity index (χ1) is 10.9. The molecule has 23 heavy (non-hydrogen) atoms. The van der Waals surface area contributed by atoms with Crippen LogP contribution in [0.5, 0.6) is 0 Å². The van der Waals surface area contributed by atoms with Gasteiger partial charge in [0, 0.05) is 11.6 Å². The Morgan fingerprint density at radius 2 is 1.83 bits per heavy atom.